The number of amides is 2. The van der Waals surface area contributed by atoms with Crippen LogP contribution in [0.4, 0.5) is 0 Å². The zero-order valence-corrected chi connectivity index (χ0v) is 27.4. The summed E-state index contributed by atoms with van der Waals surface area (Å²) in [5.41, 5.74) is 0. The molecule has 3 aliphatic heterocycles. The molecule has 3 fully saturated rings. The summed E-state index contributed by atoms with van der Waals surface area (Å²) < 4.78 is 10.2. The third-order valence-electron chi connectivity index (χ3n) is 8.84. The lowest BCUT2D eigenvalue weighted by molar-refractivity contribution is -0.254. The third kappa shape index (κ3) is 12.2. The van der Waals surface area contributed by atoms with Crippen LogP contribution < -0.4 is 10.6 Å². The molecule has 10 atom stereocenters. The first kappa shape index (κ1) is 41.7. The summed E-state index contributed by atoms with van der Waals surface area (Å²) in [7, 11) is 0. The van der Waals surface area contributed by atoms with Crippen molar-refractivity contribution < 1.29 is 79.7 Å². The minimum Gasteiger partial charge on any atom is -0.480 e. The van der Waals surface area contributed by atoms with Gasteiger partial charge in [0.15, 0.2) is 12.6 Å². The fourth-order valence-corrected chi connectivity index (χ4v) is 5.97. The second kappa shape index (κ2) is 19.8. The maximum Gasteiger partial charge on any atom is 0.317 e. The highest BCUT2D eigenvalue weighted by Gasteiger charge is 2.45. The molecule has 50 heavy (non-hydrogen) atoms. The molecule has 2 amide bonds. The van der Waals surface area contributed by atoms with Gasteiger partial charge in [0.25, 0.3) is 0 Å². The molecule has 3 rings (SSSR count). The van der Waals surface area contributed by atoms with Crippen LogP contribution in [-0.4, -0.2) is 247 Å². The van der Waals surface area contributed by atoms with Gasteiger partial charge in [0.2, 0.25) is 11.8 Å². The highest BCUT2D eigenvalue weighted by Crippen LogP contribution is 2.21. The van der Waals surface area contributed by atoms with E-state index < -0.39 is 111 Å². The Kier molecular flexibility index (Phi) is 16.5. The first-order chi connectivity index (χ1) is 23.6. The number of aliphatic carboxylic acids is 2. The minimum absolute atomic E-state index is 0.120. The molecule has 288 valence electrons. The van der Waals surface area contributed by atoms with Crippen molar-refractivity contribution >= 4 is 23.8 Å². The van der Waals surface area contributed by atoms with Crippen molar-refractivity contribution in [3.05, 3.63) is 0 Å². The number of hydrogen-bond donors (Lipinski definition) is 12. The van der Waals surface area contributed by atoms with E-state index in [0.717, 1.165) is 0 Å². The molecular weight excluding hydrogens is 676 g/mol. The molecule has 22 heteroatoms. The summed E-state index contributed by atoms with van der Waals surface area (Å²) in [6.45, 7) is -1.82. The van der Waals surface area contributed by atoms with Gasteiger partial charge in [-0.1, -0.05) is 0 Å². The highest BCUT2D eigenvalue weighted by molar-refractivity contribution is 5.79. The number of ether oxygens (including phenoxy) is 2. The van der Waals surface area contributed by atoms with Gasteiger partial charge in [0, 0.05) is 52.4 Å². The molecule has 3 saturated heterocycles. The van der Waals surface area contributed by atoms with Gasteiger partial charge in [-0.15, -0.1) is 0 Å². The maximum atomic E-state index is 13.0. The largest absolute Gasteiger partial charge is 0.480 e. The van der Waals surface area contributed by atoms with Crippen LogP contribution in [0.3, 0.4) is 0 Å². The molecule has 0 aromatic carbocycles. The summed E-state index contributed by atoms with van der Waals surface area (Å²) in [5.74, 6) is -3.66. The van der Waals surface area contributed by atoms with E-state index in [4.69, 9.17) is 9.47 Å². The minimum atomic E-state index is -1.74. The van der Waals surface area contributed by atoms with Gasteiger partial charge < -0.3 is 71.2 Å². The molecular formula is C28H50N6O16. The fourth-order valence-electron chi connectivity index (χ4n) is 5.97. The van der Waals surface area contributed by atoms with Crippen molar-refractivity contribution in [2.45, 2.75) is 61.3 Å². The average Bonchev–Trinajstić information content (AvgIpc) is 3.05. The van der Waals surface area contributed by atoms with Crippen molar-refractivity contribution in [1.29, 1.82) is 0 Å². The molecule has 0 spiro atoms. The summed E-state index contributed by atoms with van der Waals surface area (Å²) in [6.07, 6.45) is -12.5. The number of nitrogens with one attached hydrogen (secondary N) is 2. The lowest BCUT2D eigenvalue weighted by Crippen LogP contribution is -2.65. The number of carbonyl (C=O) groups is 4. The van der Waals surface area contributed by atoms with Crippen LogP contribution in [0.1, 0.15) is 0 Å². The number of aliphatic hydroxyl groups excluding tert-OH is 8. The summed E-state index contributed by atoms with van der Waals surface area (Å²) in [4.78, 5) is 55.7. The van der Waals surface area contributed by atoms with Crippen molar-refractivity contribution in [1.82, 2.24) is 30.2 Å². The molecule has 0 aromatic heterocycles. The van der Waals surface area contributed by atoms with Gasteiger partial charge in [-0.25, -0.2) is 0 Å². The number of nitrogens with zero attached hydrogens (tertiary/aromatic N) is 4. The Hall–Kier alpha value is -2.68. The van der Waals surface area contributed by atoms with Crippen molar-refractivity contribution in [2.24, 2.45) is 0 Å². The predicted octanol–water partition coefficient (Wildman–Crippen LogP) is -8.79. The van der Waals surface area contributed by atoms with Crippen molar-refractivity contribution in [2.75, 3.05) is 91.8 Å². The van der Waals surface area contributed by atoms with Crippen LogP contribution in [0.5, 0.6) is 0 Å². The van der Waals surface area contributed by atoms with E-state index in [-0.39, 0.29) is 65.4 Å². The van der Waals surface area contributed by atoms with Gasteiger partial charge in [-0.3, -0.25) is 38.8 Å². The standard InChI is InChI=1S/C28H50N6O16/c35-13-15-23(43)25(45)21(27(47)49-15)29-17(37)9-31-1-5-33(11-19(39)40)7-3-32(4-8-34(6-2-31)12-20(41)42)10-18(38)30-22-26(46)24(44)16(14-36)50-28(22)48/h15-16,21-28,35-36,43-48H,1-14H2,(H,29,37)(H,30,38)(H,39,40)(H,41,42)/t15?,16?,21?,22?,23-,24-,25+,26+,27-,28-/m1/s1. The van der Waals surface area contributed by atoms with Gasteiger partial charge in [0.05, 0.1) is 39.4 Å². The van der Waals surface area contributed by atoms with E-state index in [9.17, 15) is 70.2 Å². The summed E-state index contributed by atoms with van der Waals surface area (Å²) in [5, 5.41) is 104. The van der Waals surface area contributed by atoms with Crippen LogP contribution in [0.25, 0.3) is 0 Å². The Morgan fingerprint density at radius 2 is 0.780 bits per heavy atom. The van der Waals surface area contributed by atoms with Gasteiger partial charge in [-0.2, -0.15) is 0 Å². The fraction of sp³-hybridized carbons (Fsp3) is 0.857. The number of carboxylic acids is 2. The Balaban J connectivity index is 1.69. The predicted molar refractivity (Wildman–Crippen MR) is 165 cm³/mol. The van der Waals surface area contributed by atoms with E-state index in [0.29, 0.717) is 0 Å². The number of carboxylic acid groups (broad SMARTS) is 2. The monoisotopic (exact) mass is 726 g/mol. The zero-order chi connectivity index (χ0) is 37.1. The van der Waals surface area contributed by atoms with Gasteiger partial charge in [0.1, 0.15) is 48.7 Å². The molecule has 0 bridgehead atoms. The summed E-state index contributed by atoms with van der Waals surface area (Å²) in [6, 6.07) is -2.86. The topological polar surface area (TPSA) is 326 Å². The Labute approximate surface area is 287 Å². The molecule has 4 unspecified atom stereocenters. The molecule has 0 aliphatic carbocycles. The van der Waals surface area contributed by atoms with Crippen molar-refractivity contribution in [3.8, 4) is 0 Å². The Bertz CT molecular complexity index is 1030. The summed E-state index contributed by atoms with van der Waals surface area (Å²) >= 11 is 0. The Morgan fingerprint density at radius 3 is 1.04 bits per heavy atom. The molecule has 3 aliphatic rings. The zero-order valence-electron chi connectivity index (χ0n) is 27.4. The molecule has 12 N–H and O–H groups in total. The molecule has 0 aromatic rings. The normalized spacial score (nSPS) is 34.6. The van der Waals surface area contributed by atoms with Gasteiger partial charge in [-0.05, 0) is 0 Å². The number of aliphatic hydroxyl groups is 8. The Morgan fingerprint density at radius 1 is 0.500 bits per heavy atom. The first-order valence-electron chi connectivity index (χ1n) is 16.2. The van der Waals surface area contributed by atoms with Crippen LogP contribution in [0.2, 0.25) is 0 Å². The van der Waals surface area contributed by atoms with E-state index in [1.54, 1.807) is 19.6 Å². The van der Waals surface area contributed by atoms with Crippen LogP contribution in [-0.2, 0) is 28.7 Å². The van der Waals surface area contributed by atoms with E-state index in [1.165, 1.54) is 0 Å². The number of rotatable bonds is 12. The van der Waals surface area contributed by atoms with Gasteiger partial charge >= 0.3 is 11.9 Å². The van der Waals surface area contributed by atoms with Crippen LogP contribution in [0.15, 0.2) is 0 Å². The number of carbonyl (C=O) groups excluding carboxylic acids is 2. The van der Waals surface area contributed by atoms with E-state index >= 15 is 0 Å². The molecule has 0 saturated carbocycles. The highest BCUT2D eigenvalue weighted by atomic mass is 16.6. The maximum absolute atomic E-state index is 13.0. The third-order valence-corrected chi connectivity index (χ3v) is 8.84. The first-order valence-corrected chi connectivity index (χ1v) is 16.2. The van der Waals surface area contributed by atoms with E-state index in [2.05, 4.69) is 10.6 Å². The van der Waals surface area contributed by atoms with Crippen LogP contribution >= 0.6 is 0 Å². The molecule has 22 nitrogen and oxygen atoms in total. The quantitative estimate of drug-likeness (QED) is 0.0888. The number of hydrogen-bond acceptors (Lipinski definition) is 18. The van der Waals surface area contributed by atoms with Crippen molar-refractivity contribution in [3.63, 3.8) is 0 Å². The second-order valence-electron chi connectivity index (χ2n) is 12.5. The second-order valence-corrected chi connectivity index (χ2v) is 12.5. The SMILES string of the molecule is O=C(O)CN1CCN(CC(=O)NC2[C@H](O)OC(CO)[C@@H](O)[C@H]2O)CCN(CC(=O)O)CCN(CC(=O)NC2[C@H](O)OC(CO)[C@@H](O)[C@H]2O)CC1. The van der Waals surface area contributed by atoms with Crippen LogP contribution in [0, 0.1) is 0 Å². The lowest BCUT2D eigenvalue weighted by Gasteiger charge is -2.40. The van der Waals surface area contributed by atoms with E-state index in [1.807, 2.05) is 0 Å². The molecule has 0 radical (unpaired) electrons. The average molecular weight is 727 g/mol. The smallest absolute Gasteiger partial charge is 0.317 e. The lowest BCUT2D eigenvalue weighted by atomic mass is 9.97. The molecule has 3 heterocycles.